The average molecular weight is 270 g/mol. The Morgan fingerprint density at radius 2 is 2.17 bits per heavy atom. The van der Waals surface area contributed by atoms with E-state index in [1.807, 2.05) is 0 Å². The molecule has 1 aliphatic carbocycles. The topological polar surface area (TPSA) is 68.0 Å². The van der Waals surface area contributed by atoms with Crippen LogP contribution in [0.5, 0.6) is 0 Å². The summed E-state index contributed by atoms with van der Waals surface area (Å²) >= 11 is 0. The van der Waals surface area contributed by atoms with Crippen LogP contribution < -0.4 is 11.1 Å². The average Bonchev–Trinajstić information content (AvgIpc) is 3.08. The number of nitrogen functional groups attached to an aromatic ring is 1. The third-order valence-corrected chi connectivity index (χ3v) is 3.74. The molecule has 0 aliphatic heterocycles. The molecule has 1 aliphatic rings. The van der Waals surface area contributed by atoms with Crippen molar-refractivity contribution in [3.63, 3.8) is 0 Å². The van der Waals surface area contributed by atoms with Gasteiger partial charge in [0, 0.05) is 6.54 Å². The number of rotatable bonds is 4. The van der Waals surface area contributed by atoms with Crippen LogP contribution in [0.15, 0.2) is 18.3 Å². The van der Waals surface area contributed by atoms with Crippen molar-refractivity contribution >= 4 is 24.0 Å². The SMILES string of the molecule is CC(C)C1(CNC(=O)c2ccc(N)cn2)CC1.Cl. The molecule has 1 fully saturated rings. The summed E-state index contributed by atoms with van der Waals surface area (Å²) in [6.07, 6.45) is 3.92. The summed E-state index contributed by atoms with van der Waals surface area (Å²) in [4.78, 5) is 15.8. The van der Waals surface area contributed by atoms with Crippen molar-refractivity contribution in [2.24, 2.45) is 11.3 Å². The highest BCUT2D eigenvalue weighted by atomic mass is 35.5. The van der Waals surface area contributed by atoms with Gasteiger partial charge in [-0.2, -0.15) is 0 Å². The zero-order chi connectivity index (χ0) is 12.5. The van der Waals surface area contributed by atoms with Crippen LogP contribution in [0.1, 0.15) is 37.2 Å². The molecule has 0 atom stereocenters. The molecule has 100 valence electrons. The lowest BCUT2D eigenvalue weighted by Gasteiger charge is -2.19. The predicted octanol–water partition coefficient (Wildman–Crippen LogP) is 2.25. The van der Waals surface area contributed by atoms with Crippen LogP contribution in [0, 0.1) is 11.3 Å². The third-order valence-electron chi connectivity index (χ3n) is 3.74. The highest BCUT2D eigenvalue weighted by Crippen LogP contribution is 2.51. The summed E-state index contributed by atoms with van der Waals surface area (Å²) in [6, 6.07) is 3.34. The summed E-state index contributed by atoms with van der Waals surface area (Å²) in [5, 5.41) is 2.96. The number of nitrogens with two attached hydrogens (primary N) is 1. The van der Waals surface area contributed by atoms with Crippen LogP contribution in [-0.2, 0) is 0 Å². The molecular formula is C13H20ClN3O. The second-order valence-electron chi connectivity index (χ2n) is 5.18. The van der Waals surface area contributed by atoms with Crippen LogP contribution >= 0.6 is 12.4 Å². The number of nitrogens with one attached hydrogen (secondary N) is 1. The first kappa shape index (κ1) is 14.8. The van der Waals surface area contributed by atoms with Gasteiger partial charge in [-0.15, -0.1) is 12.4 Å². The Morgan fingerprint density at radius 1 is 1.50 bits per heavy atom. The van der Waals surface area contributed by atoms with Crippen LogP contribution in [-0.4, -0.2) is 17.4 Å². The van der Waals surface area contributed by atoms with Gasteiger partial charge in [-0.1, -0.05) is 13.8 Å². The Kier molecular flexibility index (Phi) is 4.57. The van der Waals surface area contributed by atoms with Crippen LogP contribution in [0.3, 0.4) is 0 Å². The zero-order valence-electron chi connectivity index (χ0n) is 10.8. The third kappa shape index (κ3) is 3.13. The number of amides is 1. The molecule has 0 radical (unpaired) electrons. The predicted molar refractivity (Wildman–Crippen MR) is 74.7 cm³/mol. The molecule has 0 bridgehead atoms. The van der Waals surface area contributed by atoms with E-state index >= 15 is 0 Å². The summed E-state index contributed by atoms with van der Waals surface area (Å²) in [5.74, 6) is 0.499. The maximum Gasteiger partial charge on any atom is 0.269 e. The number of hydrogen-bond donors (Lipinski definition) is 2. The van der Waals surface area contributed by atoms with Crippen LogP contribution in [0.2, 0.25) is 0 Å². The van der Waals surface area contributed by atoms with Crippen molar-refractivity contribution in [1.82, 2.24) is 10.3 Å². The van der Waals surface area contributed by atoms with Gasteiger partial charge in [0.15, 0.2) is 0 Å². The Bertz CT molecular complexity index is 413. The van der Waals surface area contributed by atoms with Crippen molar-refractivity contribution in [2.75, 3.05) is 12.3 Å². The molecule has 1 amide bonds. The van der Waals surface area contributed by atoms with Gasteiger partial charge >= 0.3 is 0 Å². The largest absolute Gasteiger partial charge is 0.397 e. The number of carbonyl (C=O) groups is 1. The van der Waals surface area contributed by atoms with E-state index in [9.17, 15) is 4.79 Å². The first-order valence-corrected chi connectivity index (χ1v) is 6.03. The van der Waals surface area contributed by atoms with Gasteiger partial charge in [0.25, 0.3) is 5.91 Å². The number of hydrogen-bond acceptors (Lipinski definition) is 3. The zero-order valence-corrected chi connectivity index (χ0v) is 11.6. The smallest absolute Gasteiger partial charge is 0.269 e. The summed E-state index contributed by atoms with van der Waals surface area (Å²) in [5.41, 5.74) is 6.85. The maximum atomic E-state index is 11.8. The summed E-state index contributed by atoms with van der Waals surface area (Å²) in [6.45, 7) is 5.16. The summed E-state index contributed by atoms with van der Waals surface area (Å²) < 4.78 is 0. The van der Waals surface area contributed by atoms with E-state index in [1.54, 1.807) is 12.1 Å². The number of nitrogens with zero attached hydrogens (tertiary/aromatic N) is 1. The molecule has 0 unspecified atom stereocenters. The molecule has 0 spiro atoms. The minimum atomic E-state index is -0.114. The molecule has 0 aromatic carbocycles. The first-order chi connectivity index (χ1) is 8.03. The quantitative estimate of drug-likeness (QED) is 0.881. The number of halogens is 1. The van der Waals surface area contributed by atoms with Gasteiger partial charge < -0.3 is 11.1 Å². The molecule has 3 N–H and O–H groups in total. The van der Waals surface area contributed by atoms with Gasteiger partial charge in [0.1, 0.15) is 5.69 Å². The normalized spacial score (nSPS) is 15.9. The van der Waals surface area contributed by atoms with Crippen LogP contribution in [0.4, 0.5) is 5.69 Å². The standard InChI is InChI=1S/C13H19N3O.ClH/c1-9(2)13(5-6-13)8-16-12(17)11-4-3-10(14)7-15-11;/h3-4,7,9H,5-6,8,14H2,1-2H3,(H,16,17);1H. The van der Waals surface area contributed by atoms with Crippen LogP contribution in [0.25, 0.3) is 0 Å². The van der Waals surface area contributed by atoms with Crippen molar-refractivity contribution in [3.05, 3.63) is 24.0 Å². The number of carbonyl (C=O) groups excluding carboxylic acids is 1. The summed E-state index contributed by atoms with van der Waals surface area (Å²) in [7, 11) is 0. The molecule has 4 nitrogen and oxygen atoms in total. The van der Waals surface area contributed by atoms with Gasteiger partial charge in [-0.3, -0.25) is 4.79 Å². The lowest BCUT2D eigenvalue weighted by Crippen LogP contribution is -2.33. The fourth-order valence-electron chi connectivity index (χ4n) is 2.01. The maximum absolute atomic E-state index is 11.8. The lowest BCUT2D eigenvalue weighted by molar-refractivity contribution is 0.0935. The Morgan fingerprint density at radius 3 is 2.61 bits per heavy atom. The van der Waals surface area contributed by atoms with Crippen molar-refractivity contribution in [1.29, 1.82) is 0 Å². The second-order valence-corrected chi connectivity index (χ2v) is 5.18. The van der Waals surface area contributed by atoms with E-state index in [0.29, 0.717) is 22.7 Å². The van der Waals surface area contributed by atoms with Gasteiger partial charge in [-0.05, 0) is 36.3 Å². The second kappa shape index (κ2) is 5.57. The highest BCUT2D eigenvalue weighted by molar-refractivity contribution is 5.92. The highest BCUT2D eigenvalue weighted by Gasteiger charge is 2.45. The van der Waals surface area contributed by atoms with E-state index in [1.165, 1.54) is 19.0 Å². The van der Waals surface area contributed by atoms with Crippen molar-refractivity contribution < 1.29 is 4.79 Å². The monoisotopic (exact) mass is 269 g/mol. The lowest BCUT2D eigenvalue weighted by atomic mass is 9.92. The minimum Gasteiger partial charge on any atom is -0.397 e. The molecule has 1 saturated carbocycles. The molecule has 1 aromatic heterocycles. The van der Waals surface area contributed by atoms with E-state index in [-0.39, 0.29) is 18.3 Å². The molecule has 1 heterocycles. The number of anilines is 1. The van der Waals surface area contributed by atoms with E-state index in [0.717, 1.165) is 6.54 Å². The Labute approximate surface area is 114 Å². The Hall–Kier alpha value is -1.29. The van der Waals surface area contributed by atoms with E-state index < -0.39 is 0 Å². The molecule has 18 heavy (non-hydrogen) atoms. The van der Waals surface area contributed by atoms with Gasteiger partial charge in [0.05, 0.1) is 11.9 Å². The number of aromatic nitrogens is 1. The van der Waals surface area contributed by atoms with E-state index in [4.69, 9.17) is 5.73 Å². The molecule has 0 saturated heterocycles. The number of pyridine rings is 1. The molecular weight excluding hydrogens is 250 g/mol. The van der Waals surface area contributed by atoms with Crippen molar-refractivity contribution in [2.45, 2.75) is 26.7 Å². The molecule has 2 rings (SSSR count). The fourth-order valence-corrected chi connectivity index (χ4v) is 2.01. The van der Waals surface area contributed by atoms with Gasteiger partial charge in [0.2, 0.25) is 0 Å². The Balaban J connectivity index is 0.00000162. The molecule has 5 heteroatoms. The van der Waals surface area contributed by atoms with E-state index in [2.05, 4.69) is 24.1 Å². The minimum absolute atomic E-state index is 0. The van der Waals surface area contributed by atoms with Crippen molar-refractivity contribution in [3.8, 4) is 0 Å². The fraction of sp³-hybridized carbons (Fsp3) is 0.538. The molecule has 1 aromatic rings. The first-order valence-electron chi connectivity index (χ1n) is 6.03. The van der Waals surface area contributed by atoms with Gasteiger partial charge in [-0.25, -0.2) is 4.98 Å².